The minimum atomic E-state index is -0.518. The molecule has 1 saturated heterocycles. The second kappa shape index (κ2) is 8.09. The molecule has 6 nitrogen and oxygen atoms in total. The summed E-state index contributed by atoms with van der Waals surface area (Å²) in [5, 5.41) is 12.3. The number of phenols is 1. The molecule has 4 rings (SSSR count). The molecule has 32 heavy (non-hydrogen) atoms. The lowest BCUT2D eigenvalue weighted by Crippen LogP contribution is -2.54. The number of phenolic OH excluding ortho intramolecular Hbond substituents is 1. The van der Waals surface area contributed by atoms with Crippen molar-refractivity contribution in [1.82, 2.24) is 9.88 Å². The molecule has 1 fully saturated rings. The number of thiocarbonyl (C=S) groups is 1. The zero-order chi connectivity index (χ0) is 23.2. The summed E-state index contributed by atoms with van der Waals surface area (Å²) < 4.78 is 2.00. The highest BCUT2D eigenvalue weighted by Crippen LogP contribution is 2.27. The Labute approximate surface area is 191 Å². The lowest BCUT2D eigenvalue weighted by Gasteiger charge is -2.29. The summed E-state index contributed by atoms with van der Waals surface area (Å²) in [5.41, 5.74) is 6.06. The van der Waals surface area contributed by atoms with Crippen LogP contribution in [0.4, 0.5) is 5.69 Å². The van der Waals surface area contributed by atoms with Gasteiger partial charge in [0, 0.05) is 17.1 Å². The van der Waals surface area contributed by atoms with Crippen LogP contribution in [0.15, 0.2) is 54.1 Å². The predicted molar refractivity (Wildman–Crippen MR) is 129 cm³/mol. The number of aromatic nitrogens is 1. The number of nitrogens with one attached hydrogen (secondary N) is 1. The third kappa shape index (κ3) is 3.83. The Morgan fingerprint density at radius 3 is 2.16 bits per heavy atom. The first kappa shape index (κ1) is 21.5. The van der Waals surface area contributed by atoms with Crippen molar-refractivity contribution in [2.45, 2.75) is 27.7 Å². The van der Waals surface area contributed by atoms with Crippen LogP contribution in [-0.4, -0.2) is 26.6 Å². The highest BCUT2D eigenvalue weighted by atomic mass is 32.1. The third-order valence-corrected chi connectivity index (χ3v) is 5.73. The van der Waals surface area contributed by atoms with Crippen LogP contribution in [-0.2, 0) is 9.59 Å². The van der Waals surface area contributed by atoms with Crippen molar-refractivity contribution in [3.05, 3.63) is 82.2 Å². The molecular weight excluding hydrogens is 422 g/mol. The lowest BCUT2D eigenvalue weighted by atomic mass is 10.1. The summed E-state index contributed by atoms with van der Waals surface area (Å²) >= 11 is 5.31. The molecule has 0 saturated carbocycles. The second-order valence-corrected chi connectivity index (χ2v) is 8.37. The van der Waals surface area contributed by atoms with Crippen molar-refractivity contribution < 1.29 is 14.7 Å². The molecule has 2 aromatic carbocycles. The van der Waals surface area contributed by atoms with E-state index < -0.39 is 11.8 Å². The number of carbonyl (C=O) groups excluding carboxylic acids is 2. The molecule has 0 radical (unpaired) electrons. The van der Waals surface area contributed by atoms with E-state index >= 15 is 0 Å². The number of carbonyl (C=O) groups is 2. The molecular formula is C25H23N3O3S. The molecule has 1 aliphatic heterocycles. The second-order valence-electron chi connectivity index (χ2n) is 7.98. The highest BCUT2D eigenvalue weighted by molar-refractivity contribution is 7.80. The number of anilines is 1. The lowest BCUT2D eigenvalue weighted by molar-refractivity contribution is -0.122. The Morgan fingerprint density at radius 1 is 0.906 bits per heavy atom. The van der Waals surface area contributed by atoms with E-state index in [0.29, 0.717) is 5.69 Å². The average Bonchev–Trinajstić information content (AvgIpc) is 2.98. The normalized spacial score (nSPS) is 15.4. The molecule has 2 N–H and O–H groups in total. The maximum Gasteiger partial charge on any atom is 0.270 e. The van der Waals surface area contributed by atoms with Crippen LogP contribution in [0.3, 0.4) is 0 Å². The van der Waals surface area contributed by atoms with Gasteiger partial charge in [-0.25, -0.2) is 0 Å². The van der Waals surface area contributed by atoms with Crippen LogP contribution in [0.5, 0.6) is 5.75 Å². The van der Waals surface area contributed by atoms with E-state index in [1.807, 2.05) is 68.7 Å². The smallest absolute Gasteiger partial charge is 0.270 e. The summed E-state index contributed by atoms with van der Waals surface area (Å²) in [6, 6.07) is 14.5. The SMILES string of the molecule is Cc1cc(C)cc(N2C(=O)/C(=C/c3cc(C)n(-c4ccc(O)cc4)c3C)C(=O)NC2=S)c1. The molecule has 1 aliphatic rings. The zero-order valence-corrected chi connectivity index (χ0v) is 19.1. The highest BCUT2D eigenvalue weighted by Gasteiger charge is 2.35. The topological polar surface area (TPSA) is 74.6 Å². The van der Waals surface area contributed by atoms with Crippen LogP contribution in [0.1, 0.15) is 28.1 Å². The fraction of sp³-hybridized carbons (Fsp3) is 0.160. The molecule has 0 unspecified atom stereocenters. The van der Waals surface area contributed by atoms with Crippen molar-refractivity contribution in [2.75, 3.05) is 4.90 Å². The van der Waals surface area contributed by atoms with Gasteiger partial charge >= 0.3 is 0 Å². The van der Waals surface area contributed by atoms with Gasteiger partial charge < -0.3 is 9.67 Å². The largest absolute Gasteiger partial charge is 0.508 e. The van der Waals surface area contributed by atoms with Crippen LogP contribution in [0.25, 0.3) is 11.8 Å². The van der Waals surface area contributed by atoms with Gasteiger partial charge in [-0.2, -0.15) is 0 Å². The summed E-state index contributed by atoms with van der Waals surface area (Å²) in [4.78, 5) is 27.4. The van der Waals surface area contributed by atoms with Gasteiger partial charge in [0.2, 0.25) is 0 Å². The monoisotopic (exact) mass is 445 g/mol. The van der Waals surface area contributed by atoms with Gasteiger partial charge in [0.15, 0.2) is 5.11 Å². The van der Waals surface area contributed by atoms with Gasteiger partial charge in [-0.15, -0.1) is 0 Å². The molecule has 2 heterocycles. The Morgan fingerprint density at radius 2 is 1.53 bits per heavy atom. The van der Waals surface area contributed by atoms with Crippen molar-refractivity contribution in [2.24, 2.45) is 0 Å². The van der Waals surface area contributed by atoms with Gasteiger partial charge in [-0.05, 0) is 105 Å². The molecule has 162 valence electrons. The first-order chi connectivity index (χ1) is 15.2. The molecule has 0 spiro atoms. The number of aryl methyl sites for hydroxylation is 3. The Hall–Kier alpha value is -3.71. The van der Waals surface area contributed by atoms with Gasteiger partial charge in [0.1, 0.15) is 11.3 Å². The molecule has 7 heteroatoms. The van der Waals surface area contributed by atoms with Gasteiger partial charge in [0.05, 0.1) is 5.69 Å². The van der Waals surface area contributed by atoms with Gasteiger partial charge in [-0.3, -0.25) is 19.8 Å². The fourth-order valence-electron chi connectivity index (χ4n) is 4.06. The molecule has 1 aromatic heterocycles. The van der Waals surface area contributed by atoms with Crippen molar-refractivity contribution in [3.8, 4) is 11.4 Å². The number of amides is 2. The van der Waals surface area contributed by atoms with E-state index in [1.54, 1.807) is 18.2 Å². The minimum Gasteiger partial charge on any atom is -0.508 e. The number of hydrogen-bond acceptors (Lipinski definition) is 4. The summed E-state index contributed by atoms with van der Waals surface area (Å²) in [7, 11) is 0. The first-order valence-electron chi connectivity index (χ1n) is 10.1. The summed E-state index contributed by atoms with van der Waals surface area (Å²) in [6.45, 7) is 7.76. The Bertz CT molecular complexity index is 1280. The number of aromatic hydroxyl groups is 1. The maximum absolute atomic E-state index is 13.4. The first-order valence-corrected chi connectivity index (χ1v) is 10.5. The summed E-state index contributed by atoms with van der Waals surface area (Å²) in [5.74, 6) is -0.793. The maximum atomic E-state index is 13.4. The van der Waals surface area contributed by atoms with Gasteiger partial charge in [-0.1, -0.05) is 6.07 Å². The van der Waals surface area contributed by atoms with Crippen LogP contribution in [0, 0.1) is 27.7 Å². The van der Waals surface area contributed by atoms with E-state index in [9.17, 15) is 14.7 Å². The van der Waals surface area contributed by atoms with Crippen LogP contribution >= 0.6 is 12.2 Å². The van der Waals surface area contributed by atoms with Crippen LogP contribution in [0.2, 0.25) is 0 Å². The fourth-order valence-corrected chi connectivity index (χ4v) is 4.34. The van der Waals surface area contributed by atoms with E-state index in [4.69, 9.17) is 12.2 Å². The van der Waals surface area contributed by atoms with E-state index in [0.717, 1.165) is 33.8 Å². The Balaban J connectivity index is 1.77. The van der Waals surface area contributed by atoms with Crippen molar-refractivity contribution >= 4 is 40.9 Å². The standard InChI is InChI=1S/C25H23N3O3S/c1-14-9-15(2)11-20(10-14)28-24(31)22(23(30)26-25(28)32)13-18-12-16(3)27(17(18)4)19-5-7-21(29)8-6-19/h5-13,29H,1-4H3,(H,26,30,32)/b22-13+. The Kier molecular flexibility index (Phi) is 5.44. The molecule has 2 amide bonds. The van der Waals surface area contributed by atoms with Crippen molar-refractivity contribution in [3.63, 3.8) is 0 Å². The van der Waals surface area contributed by atoms with E-state index in [-0.39, 0.29) is 16.4 Å². The van der Waals surface area contributed by atoms with Crippen LogP contribution < -0.4 is 10.2 Å². The number of benzene rings is 2. The molecule has 3 aromatic rings. The van der Waals surface area contributed by atoms with Gasteiger partial charge in [0.25, 0.3) is 11.8 Å². The molecule has 0 aliphatic carbocycles. The average molecular weight is 446 g/mol. The zero-order valence-electron chi connectivity index (χ0n) is 18.3. The third-order valence-electron chi connectivity index (χ3n) is 5.44. The molecule has 0 bridgehead atoms. The summed E-state index contributed by atoms with van der Waals surface area (Å²) in [6.07, 6.45) is 1.61. The quantitative estimate of drug-likeness (QED) is 0.359. The molecule has 0 atom stereocenters. The van der Waals surface area contributed by atoms with E-state index in [1.165, 1.54) is 4.90 Å². The number of rotatable bonds is 3. The van der Waals surface area contributed by atoms with E-state index in [2.05, 4.69) is 5.32 Å². The number of nitrogens with zero attached hydrogens (tertiary/aromatic N) is 2. The minimum absolute atomic E-state index is 0.0173. The predicted octanol–water partition coefficient (Wildman–Crippen LogP) is 4.25. The number of hydrogen-bond donors (Lipinski definition) is 2. The van der Waals surface area contributed by atoms with Crippen molar-refractivity contribution in [1.29, 1.82) is 0 Å².